The molecule has 104 valence electrons. The quantitative estimate of drug-likeness (QED) is 0.865. The van der Waals surface area contributed by atoms with E-state index in [0.717, 1.165) is 10.6 Å². The fraction of sp³-hybridized carbons (Fsp3) is 0.200. The van der Waals surface area contributed by atoms with E-state index < -0.39 is 5.97 Å². The SMILES string of the molecule is CSc1ccccc1Oc1cc(C)nc(C)c1C(=O)O. The first kappa shape index (κ1) is 14.4. The summed E-state index contributed by atoms with van der Waals surface area (Å²) in [5.41, 5.74) is 1.28. The number of hydrogen-bond donors (Lipinski definition) is 1. The first-order valence-electron chi connectivity index (χ1n) is 6.05. The lowest BCUT2D eigenvalue weighted by Gasteiger charge is -2.13. The highest BCUT2D eigenvalue weighted by molar-refractivity contribution is 7.98. The van der Waals surface area contributed by atoms with Crippen LogP contribution in [0, 0.1) is 13.8 Å². The number of carboxylic acid groups (broad SMARTS) is 1. The molecular formula is C15H15NO3S. The van der Waals surface area contributed by atoms with Gasteiger partial charge in [-0.25, -0.2) is 4.79 Å². The van der Waals surface area contributed by atoms with Crippen molar-refractivity contribution in [3.8, 4) is 11.5 Å². The van der Waals surface area contributed by atoms with E-state index in [1.54, 1.807) is 24.8 Å². The molecule has 0 atom stereocenters. The number of carboxylic acids is 1. The summed E-state index contributed by atoms with van der Waals surface area (Å²) in [6.07, 6.45) is 1.95. The predicted molar refractivity (Wildman–Crippen MR) is 79.0 cm³/mol. The molecule has 0 bridgehead atoms. The highest BCUT2D eigenvalue weighted by Gasteiger charge is 2.18. The van der Waals surface area contributed by atoms with E-state index in [9.17, 15) is 9.90 Å². The molecule has 1 N–H and O–H groups in total. The zero-order valence-electron chi connectivity index (χ0n) is 11.5. The maximum absolute atomic E-state index is 11.4. The molecule has 5 heteroatoms. The normalized spacial score (nSPS) is 10.3. The molecule has 0 saturated heterocycles. The molecule has 4 nitrogen and oxygen atoms in total. The lowest BCUT2D eigenvalue weighted by Crippen LogP contribution is -2.06. The minimum Gasteiger partial charge on any atom is -0.477 e. The minimum atomic E-state index is -1.04. The lowest BCUT2D eigenvalue weighted by atomic mass is 10.1. The Labute approximate surface area is 121 Å². The molecule has 2 aromatic rings. The van der Waals surface area contributed by atoms with Crippen LogP contribution in [-0.2, 0) is 0 Å². The Kier molecular flexibility index (Phi) is 4.29. The number of aromatic nitrogens is 1. The van der Waals surface area contributed by atoms with Crippen LogP contribution in [0.5, 0.6) is 11.5 Å². The van der Waals surface area contributed by atoms with Crippen molar-refractivity contribution in [3.05, 3.63) is 47.3 Å². The van der Waals surface area contributed by atoms with E-state index in [1.807, 2.05) is 37.4 Å². The summed E-state index contributed by atoms with van der Waals surface area (Å²) in [5, 5.41) is 9.32. The second kappa shape index (κ2) is 5.96. The summed E-state index contributed by atoms with van der Waals surface area (Å²) in [6, 6.07) is 9.17. The van der Waals surface area contributed by atoms with Gasteiger partial charge in [0.1, 0.15) is 17.1 Å². The summed E-state index contributed by atoms with van der Waals surface area (Å²) < 4.78 is 5.81. The number of rotatable bonds is 4. The van der Waals surface area contributed by atoms with Crippen molar-refractivity contribution >= 4 is 17.7 Å². The maximum atomic E-state index is 11.4. The topological polar surface area (TPSA) is 59.4 Å². The summed E-state index contributed by atoms with van der Waals surface area (Å²) in [5.74, 6) is -0.0665. The number of nitrogens with zero attached hydrogens (tertiary/aromatic N) is 1. The number of pyridine rings is 1. The molecule has 1 aromatic carbocycles. The van der Waals surface area contributed by atoms with Gasteiger partial charge in [0.25, 0.3) is 0 Å². The van der Waals surface area contributed by atoms with Crippen LogP contribution in [0.15, 0.2) is 35.2 Å². The minimum absolute atomic E-state index is 0.103. The van der Waals surface area contributed by atoms with Gasteiger partial charge in [-0.15, -0.1) is 11.8 Å². The van der Waals surface area contributed by atoms with Crippen molar-refractivity contribution in [2.75, 3.05) is 6.26 Å². The molecule has 20 heavy (non-hydrogen) atoms. The monoisotopic (exact) mass is 289 g/mol. The van der Waals surface area contributed by atoms with Gasteiger partial charge in [-0.2, -0.15) is 0 Å². The van der Waals surface area contributed by atoms with Gasteiger partial charge in [-0.3, -0.25) is 4.98 Å². The Bertz CT molecular complexity index is 656. The summed E-state index contributed by atoms with van der Waals surface area (Å²) in [4.78, 5) is 16.5. The Morgan fingerprint density at radius 2 is 1.95 bits per heavy atom. The van der Waals surface area contributed by atoms with Crippen LogP contribution in [-0.4, -0.2) is 22.3 Å². The van der Waals surface area contributed by atoms with Gasteiger partial charge >= 0.3 is 5.97 Å². The Hall–Kier alpha value is -2.01. The lowest BCUT2D eigenvalue weighted by molar-refractivity contribution is 0.0692. The number of para-hydroxylation sites is 1. The average Bonchev–Trinajstić information content (AvgIpc) is 2.38. The smallest absolute Gasteiger partial charge is 0.341 e. The molecule has 1 heterocycles. The molecule has 0 aliphatic rings. The van der Waals surface area contributed by atoms with Crippen molar-refractivity contribution in [2.24, 2.45) is 0 Å². The Morgan fingerprint density at radius 1 is 1.25 bits per heavy atom. The average molecular weight is 289 g/mol. The number of carbonyl (C=O) groups is 1. The first-order chi connectivity index (χ1) is 9.52. The number of aromatic carboxylic acids is 1. The largest absolute Gasteiger partial charge is 0.477 e. The molecular weight excluding hydrogens is 274 g/mol. The van der Waals surface area contributed by atoms with E-state index in [1.165, 1.54) is 0 Å². The molecule has 2 rings (SSSR count). The third-order valence-electron chi connectivity index (χ3n) is 2.80. The van der Waals surface area contributed by atoms with Gasteiger partial charge < -0.3 is 9.84 Å². The highest BCUT2D eigenvalue weighted by atomic mass is 32.2. The molecule has 0 radical (unpaired) electrons. The number of ether oxygens (including phenoxy) is 1. The standard InChI is InChI=1S/C15H15NO3S/c1-9-8-12(14(15(17)18)10(2)16-9)19-11-6-4-5-7-13(11)20-3/h4-8H,1-3H3,(H,17,18). The van der Waals surface area contributed by atoms with Crippen molar-refractivity contribution in [1.82, 2.24) is 4.98 Å². The molecule has 1 aromatic heterocycles. The van der Waals surface area contributed by atoms with Gasteiger partial charge in [0.2, 0.25) is 0 Å². The van der Waals surface area contributed by atoms with Crippen LogP contribution in [0.1, 0.15) is 21.7 Å². The molecule has 0 aliphatic carbocycles. The fourth-order valence-electron chi connectivity index (χ4n) is 1.96. The van der Waals surface area contributed by atoms with Gasteiger partial charge in [0.15, 0.2) is 0 Å². The van der Waals surface area contributed by atoms with E-state index in [2.05, 4.69) is 4.98 Å². The third-order valence-corrected chi connectivity index (χ3v) is 3.57. The third kappa shape index (κ3) is 2.93. The van der Waals surface area contributed by atoms with Crippen molar-refractivity contribution < 1.29 is 14.6 Å². The number of hydrogen-bond acceptors (Lipinski definition) is 4. The van der Waals surface area contributed by atoms with Crippen LogP contribution in [0.3, 0.4) is 0 Å². The highest BCUT2D eigenvalue weighted by Crippen LogP contribution is 2.33. The molecule has 0 aliphatic heterocycles. The van der Waals surface area contributed by atoms with E-state index in [0.29, 0.717) is 17.2 Å². The Balaban J connectivity index is 2.50. The van der Waals surface area contributed by atoms with Gasteiger partial charge in [0, 0.05) is 16.7 Å². The van der Waals surface area contributed by atoms with E-state index >= 15 is 0 Å². The molecule has 0 fully saturated rings. The fourth-order valence-corrected chi connectivity index (χ4v) is 2.48. The molecule has 0 saturated carbocycles. The van der Waals surface area contributed by atoms with Crippen molar-refractivity contribution in [3.63, 3.8) is 0 Å². The Morgan fingerprint density at radius 3 is 2.60 bits per heavy atom. The first-order valence-corrected chi connectivity index (χ1v) is 7.28. The number of thioether (sulfide) groups is 1. The van der Waals surface area contributed by atoms with Gasteiger partial charge in [-0.05, 0) is 32.2 Å². The summed E-state index contributed by atoms with van der Waals surface area (Å²) in [7, 11) is 0. The zero-order valence-corrected chi connectivity index (χ0v) is 12.3. The number of benzene rings is 1. The molecule has 0 unspecified atom stereocenters. The van der Waals surface area contributed by atoms with Crippen LogP contribution in [0.25, 0.3) is 0 Å². The van der Waals surface area contributed by atoms with E-state index in [-0.39, 0.29) is 5.56 Å². The van der Waals surface area contributed by atoms with Crippen LogP contribution < -0.4 is 4.74 Å². The van der Waals surface area contributed by atoms with Gasteiger partial charge in [0.05, 0.1) is 5.69 Å². The molecule has 0 spiro atoms. The van der Waals surface area contributed by atoms with Gasteiger partial charge in [-0.1, -0.05) is 12.1 Å². The second-order valence-corrected chi connectivity index (χ2v) is 5.13. The summed E-state index contributed by atoms with van der Waals surface area (Å²) in [6.45, 7) is 3.48. The zero-order chi connectivity index (χ0) is 14.7. The second-order valence-electron chi connectivity index (χ2n) is 4.28. The van der Waals surface area contributed by atoms with Crippen LogP contribution in [0.4, 0.5) is 0 Å². The van der Waals surface area contributed by atoms with Crippen LogP contribution in [0.2, 0.25) is 0 Å². The molecule has 0 amide bonds. The maximum Gasteiger partial charge on any atom is 0.341 e. The van der Waals surface area contributed by atoms with Crippen LogP contribution >= 0.6 is 11.8 Å². The van der Waals surface area contributed by atoms with Crippen molar-refractivity contribution in [2.45, 2.75) is 18.7 Å². The number of aryl methyl sites for hydroxylation is 2. The predicted octanol–water partition coefficient (Wildman–Crippen LogP) is 3.91. The summed E-state index contributed by atoms with van der Waals surface area (Å²) >= 11 is 1.55. The van der Waals surface area contributed by atoms with Crippen molar-refractivity contribution in [1.29, 1.82) is 0 Å². The van der Waals surface area contributed by atoms with E-state index in [4.69, 9.17) is 4.74 Å².